The van der Waals surface area contributed by atoms with Crippen LogP contribution in [0.4, 0.5) is 13.2 Å². The Morgan fingerprint density at radius 2 is 1.82 bits per heavy atom. The summed E-state index contributed by atoms with van der Waals surface area (Å²) in [5.41, 5.74) is -0.300. The molecule has 1 aliphatic heterocycles. The maximum absolute atomic E-state index is 14.0. The minimum atomic E-state index is -0.991. The monoisotopic (exact) mass is 389 g/mol. The Balaban J connectivity index is 1.68. The standard InChI is InChI=1S/C20H18F3N3O2/c21-12-7-17(22)16(18(23)8-12)10-26-11-25-20(27)15-9-14(1-2-19(15)26)28-13-3-5-24-6-4-13/h1-2,7-9,11,13,24H,3-6,10H2. The first kappa shape index (κ1) is 18.5. The SMILES string of the molecule is O=c1ncn(Cc2c(F)cc(F)cc2F)c2ccc(OC3CCNCC3)cc12. The van der Waals surface area contributed by atoms with Crippen LogP contribution in [0.2, 0.25) is 0 Å². The number of piperidine rings is 1. The highest BCUT2D eigenvalue weighted by atomic mass is 19.1. The summed E-state index contributed by atoms with van der Waals surface area (Å²) in [6.45, 7) is 1.53. The summed E-state index contributed by atoms with van der Waals surface area (Å²) >= 11 is 0. The molecule has 0 saturated carbocycles. The minimum absolute atomic E-state index is 0.0694. The van der Waals surface area contributed by atoms with E-state index >= 15 is 0 Å². The second-order valence-electron chi connectivity index (χ2n) is 6.77. The number of nitrogens with one attached hydrogen (secondary N) is 1. The van der Waals surface area contributed by atoms with E-state index in [0.29, 0.717) is 23.4 Å². The molecule has 146 valence electrons. The van der Waals surface area contributed by atoms with Gasteiger partial charge in [-0.3, -0.25) is 4.79 Å². The number of benzene rings is 2. The molecule has 1 aromatic heterocycles. The highest BCUT2D eigenvalue weighted by Crippen LogP contribution is 2.23. The van der Waals surface area contributed by atoms with Crippen LogP contribution in [0.5, 0.6) is 5.75 Å². The van der Waals surface area contributed by atoms with Gasteiger partial charge in [0.2, 0.25) is 0 Å². The number of halogens is 3. The van der Waals surface area contributed by atoms with Gasteiger partial charge in [-0.05, 0) is 44.1 Å². The van der Waals surface area contributed by atoms with Crippen molar-refractivity contribution >= 4 is 10.9 Å². The van der Waals surface area contributed by atoms with Crippen LogP contribution in [-0.4, -0.2) is 28.7 Å². The zero-order chi connectivity index (χ0) is 19.7. The van der Waals surface area contributed by atoms with Crippen molar-refractivity contribution in [3.05, 3.63) is 70.0 Å². The second kappa shape index (κ2) is 7.63. The van der Waals surface area contributed by atoms with Crippen LogP contribution in [0.25, 0.3) is 10.9 Å². The van der Waals surface area contributed by atoms with E-state index in [4.69, 9.17) is 4.74 Å². The van der Waals surface area contributed by atoms with Gasteiger partial charge in [0.15, 0.2) is 0 Å². The van der Waals surface area contributed by atoms with Crippen LogP contribution in [0, 0.1) is 17.5 Å². The Morgan fingerprint density at radius 1 is 1.11 bits per heavy atom. The smallest absolute Gasteiger partial charge is 0.280 e. The lowest BCUT2D eigenvalue weighted by Crippen LogP contribution is -2.34. The summed E-state index contributed by atoms with van der Waals surface area (Å²) in [6, 6.07) is 6.23. The number of hydrogen-bond acceptors (Lipinski definition) is 4. The molecule has 0 amide bonds. The van der Waals surface area contributed by atoms with Crippen LogP contribution in [0.1, 0.15) is 18.4 Å². The minimum Gasteiger partial charge on any atom is -0.490 e. The number of nitrogens with zero attached hydrogens (tertiary/aromatic N) is 2. The second-order valence-corrected chi connectivity index (χ2v) is 6.77. The largest absolute Gasteiger partial charge is 0.490 e. The van der Waals surface area contributed by atoms with Crippen LogP contribution in [0.3, 0.4) is 0 Å². The van der Waals surface area contributed by atoms with Gasteiger partial charge in [-0.1, -0.05) is 0 Å². The van der Waals surface area contributed by atoms with Gasteiger partial charge in [0.1, 0.15) is 29.3 Å². The van der Waals surface area contributed by atoms with Crippen molar-refractivity contribution in [3.63, 3.8) is 0 Å². The highest BCUT2D eigenvalue weighted by Gasteiger charge is 2.16. The molecule has 0 bridgehead atoms. The van der Waals surface area contributed by atoms with Crippen LogP contribution < -0.4 is 15.6 Å². The molecule has 0 atom stereocenters. The molecule has 2 aromatic carbocycles. The van der Waals surface area contributed by atoms with Gasteiger partial charge in [-0.2, -0.15) is 4.98 Å². The van der Waals surface area contributed by atoms with Gasteiger partial charge in [0, 0.05) is 17.7 Å². The van der Waals surface area contributed by atoms with Crippen LogP contribution in [-0.2, 0) is 6.54 Å². The van der Waals surface area contributed by atoms with E-state index in [-0.39, 0.29) is 23.6 Å². The van der Waals surface area contributed by atoms with Gasteiger partial charge >= 0.3 is 0 Å². The zero-order valence-corrected chi connectivity index (χ0v) is 14.9. The average Bonchev–Trinajstić information content (AvgIpc) is 2.67. The fourth-order valence-corrected chi connectivity index (χ4v) is 3.39. The molecule has 0 radical (unpaired) electrons. The molecule has 0 spiro atoms. The first-order valence-corrected chi connectivity index (χ1v) is 9.01. The molecule has 5 nitrogen and oxygen atoms in total. The lowest BCUT2D eigenvalue weighted by molar-refractivity contribution is 0.162. The fourth-order valence-electron chi connectivity index (χ4n) is 3.39. The van der Waals surface area contributed by atoms with Crippen molar-refractivity contribution in [1.82, 2.24) is 14.9 Å². The van der Waals surface area contributed by atoms with Gasteiger partial charge in [-0.25, -0.2) is 13.2 Å². The number of rotatable bonds is 4. The average molecular weight is 389 g/mol. The summed E-state index contributed by atoms with van der Waals surface area (Å²) < 4.78 is 48.5. The van der Waals surface area contributed by atoms with Crippen LogP contribution >= 0.6 is 0 Å². The topological polar surface area (TPSA) is 56.2 Å². The van der Waals surface area contributed by atoms with Crippen molar-refractivity contribution in [3.8, 4) is 5.75 Å². The first-order valence-electron chi connectivity index (χ1n) is 9.01. The number of aromatic nitrogens is 2. The Labute approximate surface area is 158 Å². The van der Waals surface area contributed by atoms with E-state index in [1.54, 1.807) is 18.2 Å². The Morgan fingerprint density at radius 3 is 2.54 bits per heavy atom. The molecule has 1 N–H and O–H groups in total. The predicted molar refractivity (Wildman–Crippen MR) is 97.9 cm³/mol. The summed E-state index contributed by atoms with van der Waals surface area (Å²) in [4.78, 5) is 16.0. The molecule has 0 aliphatic carbocycles. The Kier molecular flexibility index (Phi) is 5.04. The third-order valence-electron chi connectivity index (χ3n) is 4.85. The molecule has 3 aromatic rings. The molecule has 4 rings (SSSR count). The molecule has 1 saturated heterocycles. The summed E-state index contributed by atoms with van der Waals surface area (Å²) in [5, 5.41) is 3.54. The van der Waals surface area contributed by atoms with E-state index in [0.717, 1.165) is 25.9 Å². The van der Waals surface area contributed by atoms with E-state index in [1.807, 2.05) is 0 Å². The normalized spacial score (nSPS) is 15.1. The fraction of sp³-hybridized carbons (Fsp3) is 0.300. The predicted octanol–water partition coefficient (Wildman–Crippen LogP) is 2.99. The Bertz CT molecular complexity index is 1050. The summed E-state index contributed by atoms with van der Waals surface area (Å²) in [5.74, 6) is -2.41. The molecular weight excluding hydrogens is 371 g/mol. The summed E-state index contributed by atoms with van der Waals surface area (Å²) in [6.07, 6.45) is 3.04. The van der Waals surface area contributed by atoms with Gasteiger partial charge in [0.25, 0.3) is 5.56 Å². The van der Waals surface area contributed by atoms with Crippen LogP contribution in [0.15, 0.2) is 41.5 Å². The van der Waals surface area contributed by atoms with Crippen molar-refractivity contribution < 1.29 is 17.9 Å². The summed E-state index contributed by atoms with van der Waals surface area (Å²) in [7, 11) is 0. The van der Waals surface area contributed by atoms with Crippen molar-refractivity contribution in [1.29, 1.82) is 0 Å². The van der Waals surface area contributed by atoms with E-state index in [1.165, 1.54) is 10.9 Å². The molecule has 0 unspecified atom stereocenters. The molecular formula is C20H18F3N3O2. The van der Waals surface area contributed by atoms with E-state index < -0.39 is 23.0 Å². The van der Waals surface area contributed by atoms with E-state index in [9.17, 15) is 18.0 Å². The lowest BCUT2D eigenvalue weighted by atomic mass is 10.1. The molecule has 28 heavy (non-hydrogen) atoms. The maximum Gasteiger partial charge on any atom is 0.280 e. The number of fused-ring (bicyclic) bond motifs is 1. The molecule has 1 fully saturated rings. The quantitative estimate of drug-likeness (QED) is 0.746. The lowest BCUT2D eigenvalue weighted by Gasteiger charge is -2.24. The maximum atomic E-state index is 14.0. The van der Waals surface area contributed by atoms with Crippen molar-refractivity contribution in [2.24, 2.45) is 0 Å². The third-order valence-corrected chi connectivity index (χ3v) is 4.85. The highest BCUT2D eigenvalue weighted by molar-refractivity contribution is 5.79. The van der Waals surface area contributed by atoms with Gasteiger partial charge < -0.3 is 14.6 Å². The van der Waals surface area contributed by atoms with Crippen molar-refractivity contribution in [2.45, 2.75) is 25.5 Å². The van der Waals surface area contributed by atoms with E-state index in [2.05, 4.69) is 10.3 Å². The third kappa shape index (κ3) is 3.73. The van der Waals surface area contributed by atoms with Crippen molar-refractivity contribution in [2.75, 3.05) is 13.1 Å². The Hall–Kier alpha value is -2.87. The molecule has 8 heteroatoms. The zero-order valence-electron chi connectivity index (χ0n) is 14.9. The van der Waals surface area contributed by atoms with Gasteiger partial charge in [-0.15, -0.1) is 0 Å². The number of hydrogen-bond donors (Lipinski definition) is 1. The molecule has 2 heterocycles. The van der Waals surface area contributed by atoms with Gasteiger partial charge in [0.05, 0.1) is 23.8 Å². The molecule has 1 aliphatic rings. The first-order chi connectivity index (χ1) is 13.5. The number of ether oxygens (including phenoxy) is 1.